The second-order valence-electron chi connectivity index (χ2n) is 8.74. The molecule has 32 heavy (non-hydrogen) atoms. The normalized spacial score (nSPS) is 24.6. The Balaban J connectivity index is 0.000000230. The van der Waals surface area contributed by atoms with Crippen molar-refractivity contribution in [2.45, 2.75) is 56.5 Å². The third-order valence-corrected chi connectivity index (χ3v) is 6.49. The lowest BCUT2D eigenvalue weighted by Gasteiger charge is -2.48. The molecule has 0 radical (unpaired) electrons. The van der Waals surface area contributed by atoms with E-state index in [1.807, 2.05) is 53.4 Å². The number of benzene rings is 2. The van der Waals surface area contributed by atoms with Gasteiger partial charge in [0, 0.05) is 44.7 Å². The zero-order valence-corrected chi connectivity index (χ0v) is 18.1. The summed E-state index contributed by atoms with van der Waals surface area (Å²) in [6, 6.07) is 20.1. The zero-order valence-electron chi connectivity index (χ0n) is 18.1. The van der Waals surface area contributed by atoms with Gasteiger partial charge in [0.05, 0.1) is 6.42 Å². The highest BCUT2D eigenvalue weighted by Crippen LogP contribution is 2.45. The van der Waals surface area contributed by atoms with Crippen molar-refractivity contribution in [3.05, 3.63) is 71.8 Å². The average Bonchev–Trinajstić information content (AvgIpc) is 2.87. The van der Waals surface area contributed by atoms with Gasteiger partial charge in [0.2, 0.25) is 11.8 Å². The summed E-state index contributed by atoms with van der Waals surface area (Å²) in [6.45, 7) is 0.525. The van der Waals surface area contributed by atoms with E-state index in [0.29, 0.717) is 45.1 Å². The molecular weight excluding hydrogens is 404 g/mol. The molecule has 1 N–H and O–H groups in total. The van der Waals surface area contributed by atoms with Crippen molar-refractivity contribution in [3.63, 3.8) is 0 Å². The van der Waals surface area contributed by atoms with Crippen LogP contribution in [0.25, 0.3) is 0 Å². The molecule has 2 aromatic rings. The van der Waals surface area contributed by atoms with Gasteiger partial charge in [-0.05, 0) is 17.5 Å². The molecule has 3 saturated heterocycles. The molecule has 3 heterocycles. The molecule has 2 amide bonds. The number of nitrogens with one attached hydrogen (secondary N) is 1. The fraction of sp³-hybridized carbons (Fsp3) is 0.385. The van der Waals surface area contributed by atoms with Gasteiger partial charge in [-0.1, -0.05) is 60.7 Å². The molecule has 1 unspecified atom stereocenters. The molecule has 2 aromatic carbocycles. The first kappa shape index (κ1) is 21.9. The maximum absolute atomic E-state index is 12.7. The van der Waals surface area contributed by atoms with Crippen LogP contribution in [0.15, 0.2) is 60.7 Å². The summed E-state index contributed by atoms with van der Waals surface area (Å²) in [5.41, 5.74) is 1.72. The summed E-state index contributed by atoms with van der Waals surface area (Å²) in [7, 11) is 0. The summed E-state index contributed by atoms with van der Waals surface area (Å²) in [6.07, 6.45) is 3.55. The van der Waals surface area contributed by atoms with E-state index in [1.165, 1.54) is 5.56 Å². The van der Waals surface area contributed by atoms with Crippen molar-refractivity contribution in [1.82, 2.24) is 10.2 Å². The number of β-lactam (4-membered cyclic amide) rings is 1. The summed E-state index contributed by atoms with van der Waals surface area (Å²) in [5, 5.41) is 2.62. The monoisotopic (exact) mass is 432 g/mol. The second kappa shape index (κ2) is 9.47. The molecule has 2 atom stereocenters. The Morgan fingerprint density at radius 1 is 0.844 bits per heavy atom. The van der Waals surface area contributed by atoms with E-state index in [-0.39, 0.29) is 29.4 Å². The number of nitrogens with zero attached hydrogens (tertiary/aromatic N) is 1. The van der Waals surface area contributed by atoms with Crippen LogP contribution in [0.3, 0.4) is 0 Å². The minimum atomic E-state index is -0.585. The number of Topliss-reactive ketones (excluding diaryl/α,β-unsaturated/α-hetero) is 2. The standard InChI is InChI=1S/C20H19NO2.C6H9NO2/c22-18-12-17(11-15-7-3-1-4-8-15)21-19(23)14-20(18,21)13-16-9-5-2-6-10-16;8-5-1-2-6(9)7-4-3-5/h1-10,17H,11-14H2;1-4H2,(H,7,9)/t17-,20?;/m0./s1. The van der Waals surface area contributed by atoms with E-state index < -0.39 is 5.54 Å². The Hall–Kier alpha value is -3.28. The van der Waals surface area contributed by atoms with Crippen LogP contribution in [0.2, 0.25) is 0 Å². The number of amides is 2. The highest BCUT2D eigenvalue weighted by Gasteiger charge is 2.62. The quantitative estimate of drug-likeness (QED) is 0.753. The summed E-state index contributed by atoms with van der Waals surface area (Å²) in [4.78, 5) is 48.0. The van der Waals surface area contributed by atoms with Crippen molar-refractivity contribution in [1.29, 1.82) is 0 Å². The van der Waals surface area contributed by atoms with Gasteiger partial charge < -0.3 is 10.2 Å². The fourth-order valence-corrected chi connectivity index (χ4v) is 4.89. The summed E-state index contributed by atoms with van der Waals surface area (Å²) >= 11 is 0. The molecule has 166 valence electrons. The molecule has 0 saturated carbocycles. The van der Waals surface area contributed by atoms with Crippen LogP contribution in [0.5, 0.6) is 0 Å². The Morgan fingerprint density at radius 3 is 2.16 bits per heavy atom. The van der Waals surface area contributed by atoms with Crippen LogP contribution in [0, 0.1) is 0 Å². The smallest absolute Gasteiger partial charge is 0.226 e. The van der Waals surface area contributed by atoms with Gasteiger partial charge in [0.25, 0.3) is 0 Å². The Morgan fingerprint density at radius 2 is 1.50 bits per heavy atom. The zero-order chi connectivity index (χ0) is 22.6. The maximum atomic E-state index is 12.7. The number of fused-ring (bicyclic) bond motifs is 1. The SMILES string of the molecule is O=C1CC2(Cc3ccccc3)C(=O)C[C@H](Cc3ccccc3)N12.O=C1CCNC(=O)CC1. The molecule has 6 heteroatoms. The first-order valence-corrected chi connectivity index (χ1v) is 11.2. The van der Waals surface area contributed by atoms with E-state index in [1.54, 1.807) is 0 Å². The number of rotatable bonds is 4. The van der Waals surface area contributed by atoms with Crippen LogP contribution >= 0.6 is 0 Å². The van der Waals surface area contributed by atoms with E-state index in [0.717, 1.165) is 12.0 Å². The molecule has 0 aliphatic carbocycles. The number of ketones is 2. The van der Waals surface area contributed by atoms with Crippen molar-refractivity contribution >= 4 is 23.4 Å². The minimum absolute atomic E-state index is 0.000787. The van der Waals surface area contributed by atoms with Gasteiger partial charge >= 0.3 is 0 Å². The summed E-state index contributed by atoms with van der Waals surface area (Å²) in [5.74, 6) is 0.531. The Kier molecular flexibility index (Phi) is 6.49. The Bertz CT molecular complexity index is 989. The van der Waals surface area contributed by atoms with Gasteiger partial charge in [-0.2, -0.15) is 0 Å². The van der Waals surface area contributed by atoms with Crippen molar-refractivity contribution in [2.24, 2.45) is 0 Å². The van der Waals surface area contributed by atoms with Gasteiger partial charge in [0.1, 0.15) is 11.3 Å². The van der Waals surface area contributed by atoms with E-state index in [4.69, 9.17) is 0 Å². The van der Waals surface area contributed by atoms with E-state index >= 15 is 0 Å². The van der Waals surface area contributed by atoms with Crippen LogP contribution in [0.4, 0.5) is 0 Å². The summed E-state index contributed by atoms with van der Waals surface area (Å²) < 4.78 is 0. The Labute approximate surface area is 188 Å². The van der Waals surface area contributed by atoms with Gasteiger partial charge in [-0.25, -0.2) is 0 Å². The highest BCUT2D eigenvalue weighted by molar-refractivity contribution is 6.06. The largest absolute Gasteiger partial charge is 0.356 e. The van der Waals surface area contributed by atoms with E-state index in [2.05, 4.69) is 17.4 Å². The molecular formula is C26H28N2O4. The lowest BCUT2D eigenvalue weighted by atomic mass is 9.78. The molecule has 6 nitrogen and oxygen atoms in total. The maximum Gasteiger partial charge on any atom is 0.226 e. The highest BCUT2D eigenvalue weighted by atomic mass is 16.2. The number of hydrogen-bond acceptors (Lipinski definition) is 4. The molecule has 0 bridgehead atoms. The number of carbonyl (C=O) groups is 4. The molecule has 3 fully saturated rings. The molecule has 3 aliphatic rings. The third-order valence-electron chi connectivity index (χ3n) is 6.49. The van der Waals surface area contributed by atoms with E-state index in [9.17, 15) is 19.2 Å². The minimum Gasteiger partial charge on any atom is -0.356 e. The topological polar surface area (TPSA) is 83.6 Å². The fourth-order valence-electron chi connectivity index (χ4n) is 4.89. The van der Waals surface area contributed by atoms with Crippen molar-refractivity contribution < 1.29 is 19.2 Å². The lowest BCUT2D eigenvalue weighted by molar-refractivity contribution is -0.160. The first-order chi connectivity index (χ1) is 15.5. The lowest BCUT2D eigenvalue weighted by Crippen LogP contribution is -2.66. The third kappa shape index (κ3) is 4.64. The predicted octanol–water partition coefficient (Wildman–Crippen LogP) is 2.64. The molecule has 0 aromatic heterocycles. The second-order valence-corrected chi connectivity index (χ2v) is 8.74. The molecule has 3 aliphatic heterocycles. The van der Waals surface area contributed by atoms with Crippen LogP contribution < -0.4 is 5.32 Å². The molecule has 0 spiro atoms. The van der Waals surface area contributed by atoms with Crippen LogP contribution in [-0.4, -0.2) is 46.4 Å². The van der Waals surface area contributed by atoms with Crippen LogP contribution in [-0.2, 0) is 32.0 Å². The van der Waals surface area contributed by atoms with Gasteiger partial charge in [0.15, 0.2) is 5.78 Å². The predicted molar refractivity (Wildman–Crippen MR) is 120 cm³/mol. The average molecular weight is 433 g/mol. The van der Waals surface area contributed by atoms with Crippen LogP contribution in [0.1, 0.15) is 43.2 Å². The van der Waals surface area contributed by atoms with Gasteiger partial charge in [-0.3, -0.25) is 19.2 Å². The number of hydrogen-bond donors (Lipinski definition) is 1. The van der Waals surface area contributed by atoms with Gasteiger partial charge in [-0.15, -0.1) is 0 Å². The first-order valence-electron chi connectivity index (χ1n) is 11.2. The van der Waals surface area contributed by atoms with Crippen molar-refractivity contribution in [3.8, 4) is 0 Å². The number of carbonyl (C=O) groups excluding carboxylic acids is 4. The van der Waals surface area contributed by atoms with Crippen molar-refractivity contribution in [2.75, 3.05) is 6.54 Å². The molecule has 5 rings (SSSR count).